The summed E-state index contributed by atoms with van der Waals surface area (Å²) < 4.78 is 5.46. The van der Waals surface area contributed by atoms with Gasteiger partial charge in [-0.2, -0.15) is 0 Å². The standard InChI is InChI=1S/C13H22N2O/c1-3-4-9-16-10-8-14-11-13-12(2)6-5-7-15-13/h5-7,14H,3-4,8-11H2,1-2H3. The SMILES string of the molecule is CCCCOCCNCc1ncccc1C. The summed E-state index contributed by atoms with van der Waals surface area (Å²) in [5.41, 5.74) is 2.36. The van der Waals surface area contributed by atoms with Gasteiger partial charge in [0.15, 0.2) is 0 Å². The molecule has 0 amide bonds. The van der Waals surface area contributed by atoms with Crippen molar-refractivity contribution in [3.8, 4) is 0 Å². The van der Waals surface area contributed by atoms with Crippen LogP contribution in [0, 0.1) is 6.92 Å². The highest BCUT2D eigenvalue weighted by Crippen LogP contribution is 2.01. The Labute approximate surface area is 98.2 Å². The first-order valence-electron chi connectivity index (χ1n) is 6.03. The third-order valence-corrected chi connectivity index (χ3v) is 2.48. The van der Waals surface area contributed by atoms with Crippen molar-refractivity contribution in [2.75, 3.05) is 19.8 Å². The molecule has 0 saturated carbocycles. The largest absolute Gasteiger partial charge is 0.380 e. The summed E-state index contributed by atoms with van der Waals surface area (Å²) in [7, 11) is 0. The quantitative estimate of drug-likeness (QED) is 0.685. The smallest absolute Gasteiger partial charge is 0.0591 e. The van der Waals surface area contributed by atoms with Crippen LogP contribution in [0.2, 0.25) is 0 Å². The first-order valence-corrected chi connectivity index (χ1v) is 6.03. The Hall–Kier alpha value is -0.930. The normalized spacial score (nSPS) is 10.6. The molecule has 1 aromatic rings. The number of unbranched alkanes of at least 4 members (excludes halogenated alkanes) is 1. The second kappa shape index (κ2) is 8.25. The van der Waals surface area contributed by atoms with E-state index in [-0.39, 0.29) is 0 Å². The van der Waals surface area contributed by atoms with Crippen molar-refractivity contribution >= 4 is 0 Å². The molecule has 0 aliphatic heterocycles. The lowest BCUT2D eigenvalue weighted by atomic mass is 10.2. The van der Waals surface area contributed by atoms with E-state index >= 15 is 0 Å². The summed E-state index contributed by atoms with van der Waals surface area (Å²) in [5, 5.41) is 3.33. The summed E-state index contributed by atoms with van der Waals surface area (Å²) in [5.74, 6) is 0. The van der Waals surface area contributed by atoms with Crippen LogP contribution in [-0.2, 0) is 11.3 Å². The molecule has 0 aliphatic carbocycles. The van der Waals surface area contributed by atoms with Crippen LogP contribution in [0.25, 0.3) is 0 Å². The maximum atomic E-state index is 5.46. The summed E-state index contributed by atoms with van der Waals surface area (Å²) >= 11 is 0. The maximum absolute atomic E-state index is 5.46. The van der Waals surface area contributed by atoms with E-state index in [1.807, 2.05) is 12.3 Å². The van der Waals surface area contributed by atoms with Gasteiger partial charge in [0, 0.05) is 25.9 Å². The van der Waals surface area contributed by atoms with Crippen molar-refractivity contribution in [3.63, 3.8) is 0 Å². The van der Waals surface area contributed by atoms with E-state index in [4.69, 9.17) is 4.74 Å². The number of ether oxygens (including phenoxy) is 1. The fraction of sp³-hybridized carbons (Fsp3) is 0.615. The summed E-state index contributed by atoms with van der Waals surface area (Å²) in [4.78, 5) is 4.32. The first-order chi connectivity index (χ1) is 7.84. The zero-order valence-electron chi connectivity index (χ0n) is 10.3. The third-order valence-electron chi connectivity index (χ3n) is 2.48. The van der Waals surface area contributed by atoms with Crippen LogP contribution in [0.3, 0.4) is 0 Å². The van der Waals surface area contributed by atoms with Crippen molar-refractivity contribution in [3.05, 3.63) is 29.6 Å². The molecule has 1 N–H and O–H groups in total. The van der Waals surface area contributed by atoms with Gasteiger partial charge in [0.25, 0.3) is 0 Å². The van der Waals surface area contributed by atoms with Crippen LogP contribution in [0.5, 0.6) is 0 Å². The Morgan fingerprint density at radius 1 is 1.38 bits per heavy atom. The van der Waals surface area contributed by atoms with Crippen molar-refractivity contribution in [2.45, 2.75) is 33.2 Å². The minimum Gasteiger partial charge on any atom is -0.380 e. The van der Waals surface area contributed by atoms with Crippen molar-refractivity contribution < 1.29 is 4.74 Å². The number of aromatic nitrogens is 1. The fourth-order valence-corrected chi connectivity index (χ4v) is 1.40. The van der Waals surface area contributed by atoms with Gasteiger partial charge in [0.1, 0.15) is 0 Å². The molecule has 1 rings (SSSR count). The second-order valence-electron chi connectivity index (χ2n) is 3.91. The highest BCUT2D eigenvalue weighted by atomic mass is 16.5. The van der Waals surface area contributed by atoms with E-state index in [1.54, 1.807) is 0 Å². The van der Waals surface area contributed by atoms with Crippen LogP contribution >= 0.6 is 0 Å². The molecule has 0 unspecified atom stereocenters. The predicted octanol–water partition coefficient (Wildman–Crippen LogP) is 2.30. The molecule has 3 nitrogen and oxygen atoms in total. The molecule has 3 heteroatoms. The molecule has 1 aromatic heterocycles. The van der Waals surface area contributed by atoms with Gasteiger partial charge in [-0.15, -0.1) is 0 Å². The molecule has 0 atom stereocenters. The molecule has 0 aromatic carbocycles. The molecule has 0 saturated heterocycles. The number of aryl methyl sites for hydroxylation is 1. The fourth-order valence-electron chi connectivity index (χ4n) is 1.40. The van der Waals surface area contributed by atoms with Gasteiger partial charge in [-0.1, -0.05) is 19.4 Å². The lowest BCUT2D eigenvalue weighted by Crippen LogP contribution is -2.20. The van der Waals surface area contributed by atoms with Crippen LogP contribution < -0.4 is 5.32 Å². The van der Waals surface area contributed by atoms with Crippen LogP contribution in [0.4, 0.5) is 0 Å². The van der Waals surface area contributed by atoms with E-state index < -0.39 is 0 Å². The molecule has 16 heavy (non-hydrogen) atoms. The van der Waals surface area contributed by atoms with E-state index in [1.165, 1.54) is 12.0 Å². The van der Waals surface area contributed by atoms with Gasteiger partial charge in [-0.25, -0.2) is 0 Å². The minimum absolute atomic E-state index is 0.784. The average molecular weight is 222 g/mol. The number of nitrogens with zero attached hydrogens (tertiary/aromatic N) is 1. The molecule has 0 radical (unpaired) electrons. The Balaban J connectivity index is 2.05. The van der Waals surface area contributed by atoms with Gasteiger partial charge in [-0.3, -0.25) is 4.98 Å². The van der Waals surface area contributed by atoms with Crippen molar-refractivity contribution in [2.24, 2.45) is 0 Å². The lowest BCUT2D eigenvalue weighted by Gasteiger charge is -2.07. The zero-order valence-corrected chi connectivity index (χ0v) is 10.3. The van der Waals surface area contributed by atoms with E-state index in [2.05, 4.69) is 30.2 Å². The number of nitrogens with one attached hydrogen (secondary N) is 1. The van der Waals surface area contributed by atoms with Gasteiger partial charge in [-0.05, 0) is 25.0 Å². The van der Waals surface area contributed by atoms with Crippen molar-refractivity contribution in [1.29, 1.82) is 0 Å². The molecule has 1 heterocycles. The highest BCUT2D eigenvalue weighted by molar-refractivity contribution is 5.17. The number of pyridine rings is 1. The molecule has 0 fully saturated rings. The summed E-state index contributed by atoms with van der Waals surface area (Å²) in [6, 6.07) is 4.05. The summed E-state index contributed by atoms with van der Waals surface area (Å²) in [6.45, 7) is 7.63. The number of hydrogen-bond donors (Lipinski definition) is 1. The first kappa shape index (κ1) is 13.1. The Morgan fingerprint density at radius 3 is 3.00 bits per heavy atom. The molecular weight excluding hydrogens is 200 g/mol. The Kier molecular flexibility index (Phi) is 6.77. The predicted molar refractivity (Wildman–Crippen MR) is 66.4 cm³/mol. The lowest BCUT2D eigenvalue weighted by molar-refractivity contribution is 0.133. The van der Waals surface area contributed by atoms with Crippen LogP contribution in [0.1, 0.15) is 31.0 Å². The van der Waals surface area contributed by atoms with Gasteiger partial charge >= 0.3 is 0 Å². The number of rotatable bonds is 8. The molecule has 0 bridgehead atoms. The Morgan fingerprint density at radius 2 is 2.25 bits per heavy atom. The maximum Gasteiger partial charge on any atom is 0.0591 e. The van der Waals surface area contributed by atoms with Crippen LogP contribution in [0.15, 0.2) is 18.3 Å². The highest BCUT2D eigenvalue weighted by Gasteiger charge is 1.97. The second-order valence-corrected chi connectivity index (χ2v) is 3.91. The van der Waals surface area contributed by atoms with Gasteiger partial charge < -0.3 is 10.1 Å². The third kappa shape index (κ3) is 5.24. The monoisotopic (exact) mass is 222 g/mol. The minimum atomic E-state index is 0.784. The van der Waals surface area contributed by atoms with E-state index in [0.29, 0.717) is 0 Å². The van der Waals surface area contributed by atoms with Crippen LogP contribution in [-0.4, -0.2) is 24.7 Å². The van der Waals surface area contributed by atoms with Gasteiger partial charge in [0.2, 0.25) is 0 Å². The molecule has 0 spiro atoms. The Bertz CT molecular complexity index is 289. The molecule has 0 aliphatic rings. The average Bonchev–Trinajstić information content (AvgIpc) is 2.30. The van der Waals surface area contributed by atoms with E-state index in [0.717, 1.165) is 38.4 Å². The summed E-state index contributed by atoms with van der Waals surface area (Å²) in [6.07, 6.45) is 4.18. The zero-order chi connectivity index (χ0) is 11.6. The topological polar surface area (TPSA) is 34.1 Å². The molecule has 90 valence electrons. The molecular formula is C13H22N2O. The number of hydrogen-bond acceptors (Lipinski definition) is 3. The van der Waals surface area contributed by atoms with Crippen molar-refractivity contribution in [1.82, 2.24) is 10.3 Å². The van der Waals surface area contributed by atoms with E-state index in [9.17, 15) is 0 Å². The van der Waals surface area contributed by atoms with Gasteiger partial charge in [0.05, 0.1) is 12.3 Å².